The molecule has 0 saturated carbocycles. The van der Waals surface area contributed by atoms with E-state index >= 15 is 0 Å². The van der Waals surface area contributed by atoms with Crippen LogP contribution in [-0.4, -0.2) is 55.8 Å². The topological polar surface area (TPSA) is 83.6 Å². The molecule has 1 aliphatic heterocycles. The standard InChI is InChI=1S/C19H21FN2O4S2/c1-12-11-16(27-17(12)14-3-5-15(20)6-4-14)18(23)21-13(2)19(24)22-7-9-28(25,26)10-8-22/h3-6,11,13H,7-10H2,1-2H3,(H,21,23)/t13-/m1/s1. The maximum atomic E-state index is 13.1. The van der Waals surface area contributed by atoms with Gasteiger partial charge in [0.15, 0.2) is 9.84 Å². The third-order valence-electron chi connectivity index (χ3n) is 4.62. The van der Waals surface area contributed by atoms with E-state index in [1.807, 2.05) is 6.92 Å². The Bertz CT molecular complexity index is 985. The van der Waals surface area contributed by atoms with Gasteiger partial charge in [0.2, 0.25) is 5.91 Å². The van der Waals surface area contributed by atoms with E-state index in [0.29, 0.717) is 4.88 Å². The van der Waals surface area contributed by atoms with Gasteiger partial charge in [0.25, 0.3) is 5.91 Å². The second-order valence-electron chi connectivity index (χ2n) is 6.80. The van der Waals surface area contributed by atoms with E-state index in [1.165, 1.54) is 28.4 Å². The van der Waals surface area contributed by atoms with Crippen LogP contribution in [0.4, 0.5) is 4.39 Å². The average molecular weight is 425 g/mol. The predicted molar refractivity (Wildman–Crippen MR) is 107 cm³/mol. The second kappa shape index (κ2) is 8.00. The first-order valence-electron chi connectivity index (χ1n) is 8.83. The van der Waals surface area contributed by atoms with Crippen molar-refractivity contribution in [1.82, 2.24) is 10.2 Å². The van der Waals surface area contributed by atoms with E-state index in [1.54, 1.807) is 25.1 Å². The van der Waals surface area contributed by atoms with Crippen molar-refractivity contribution in [3.05, 3.63) is 46.6 Å². The summed E-state index contributed by atoms with van der Waals surface area (Å²) in [6.45, 7) is 3.75. The van der Waals surface area contributed by atoms with Crippen molar-refractivity contribution in [1.29, 1.82) is 0 Å². The van der Waals surface area contributed by atoms with Gasteiger partial charge in [-0.15, -0.1) is 11.3 Å². The van der Waals surface area contributed by atoms with Crippen LogP contribution in [0.1, 0.15) is 22.2 Å². The fourth-order valence-electron chi connectivity index (χ4n) is 3.02. The van der Waals surface area contributed by atoms with E-state index in [4.69, 9.17) is 0 Å². The first kappa shape index (κ1) is 20.5. The summed E-state index contributed by atoms with van der Waals surface area (Å²) in [4.78, 5) is 27.8. The zero-order valence-electron chi connectivity index (χ0n) is 15.6. The van der Waals surface area contributed by atoms with Crippen molar-refractivity contribution in [3.63, 3.8) is 0 Å². The summed E-state index contributed by atoms with van der Waals surface area (Å²) >= 11 is 1.28. The zero-order valence-corrected chi connectivity index (χ0v) is 17.2. The number of carbonyl (C=O) groups excluding carboxylic acids is 2. The van der Waals surface area contributed by atoms with Crippen LogP contribution in [0.25, 0.3) is 10.4 Å². The van der Waals surface area contributed by atoms with Gasteiger partial charge in [-0.05, 0) is 43.2 Å². The molecule has 150 valence electrons. The fraction of sp³-hybridized carbons (Fsp3) is 0.368. The zero-order chi connectivity index (χ0) is 20.5. The minimum atomic E-state index is -3.08. The maximum absolute atomic E-state index is 13.1. The summed E-state index contributed by atoms with van der Waals surface area (Å²) < 4.78 is 36.1. The molecule has 1 aromatic heterocycles. The predicted octanol–water partition coefficient (Wildman–Crippen LogP) is 2.24. The molecule has 0 spiro atoms. The summed E-state index contributed by atoms with van der Waals surface area (Å²) in [6.07, 6.45) is 0. The molecule has 28 heavy (non-hydrogen) atoms. The van der Waals surface area contributed by atoms with Crippen molar-refractivity contribution in [2.24, 2.45) is 0 Å². The van der Waals surface area contributed by atoms with Crippen molar-refractivity contribution in [2.45, 2.75) is 19.9 Å². The summed E-state index contributed by atoms with van der Waals surface area (Å²) in [5.41, 5.74) is 1.71. The first-order chi connectivity index (χ1) is 13.2. The van der Waals surface area contributed by atoms with Crippen molar-refractivity contribution >= 4 is 33.0 Å². The van der Waals surface area contributed by atoms with E-state index in [-0.39, 0.29) is 42.2 Å². The molecule has 2 heterocycles. The fourth-order valence-corrected chi connectivity index (χ4v) is 5.30. The molecule has 1 aliphatic rings. The molecule has 3 rings (SSSR count). The van der Waals surface area contributed by atoms with Gasteiger partial charge in [0.1, 0.15) is 11.9 Å². The number of benzene rings is 1. The number of halogens is 1. The van der Waals surface area contributed by atoms with Crippen LogP contribution in [0.5, 0.6) is 0 Å². The molecule has 2 aromatic rings. The second-order valence-corrected chi connectivity index (χ2v) is 10.2. The molecule has 9 heteroatoms. The molecule has 1 N–H and O–H groups in total. The van der Waals surface area contributed by atoms with Crippen LogP contribution in [0.3, 0.4) is 0 Å². The van der Waals surface area contributed by atoms with Gasteiger partial charge in [-0.1, -0.05) is 12.1 Å². The number of aryl methyl sites for hydroxylation is 1. The Morgan fingerprint density at radius 3 is 2.39 bits per heavy atom. The van der Waals surface area contributed by atoms with Gasteiger partial charge in [0.05, 0.1) is 16.4 Å². The molecule has 2 amide bonds. The summed E-state index contributed by atoms with van der Waals surface area (Å²) in [5.74, 6) is -1.09. The van der Waals surface area contributed by atoms with Crippen LogP contribution in [0, 0.1) is 12.7 Å². The van der Waals surface area contributed by atoms with E-state index < -0.39 is 15.9 Å². The largest absolute Gasteiger partial charge is 0.340 e. The highest BCUT2D eigenvalue weighted by atomic mass is 32.2. The molecule has 6 nitrogen and oxygen atoms in total. The van der Waals surface area contributed by atoms with Gasteiger partial charge in [0, 0.05) is 18.0 Å². The SMILES string of the molecule is Cc1cc(C(=O)N[C@H](C)C(=O)N2CCS(=O)(=O)CC2)sc1-c1ccc(F)cc1. The number of nitrogens with zero attached hydrogens (tertiary/aromatic N) is 1. The maximum Gasteiger partial charge on any atom is 0.262 e. The Balaban J connectivity index is 1.67. The van der Waals surface area contributed by atoms with Gasteiger partial charge >= 0.3 is 0 Å². The van der Waals surface area contributed by atoms with Gasteiger partial charge in [-0.25, -0.2) is 12.8 Å². The first-order valence-corrected chi connectivity index (χ1v) is 11.5. The Kier molecular flexibility index (Phi) is 5.85. The summed E-state index contributed by atoms with van der Waals surface area (Å²) in [6, 6.07) is 7.04. The van der Waals surface area contributed by atoms with Gasteiger partial charge < -0.3 is 10.2 Å². The summed E-state index contributed by atoms with van der Waals surface area (Å²) in [7, 11) is -3.08. The molecular formula is C19H21FN2O4S2. The third kappa shape index (κ3) is 4.59. The molecule has 1 aromatic carbocycles. The molecular weight excluding hydrogens is 403 g/mol. The van der Waals surface area contributed by atoms with E-state index in [2.05, 4.69) is 5.32 Å². The molecule has 0 unspecified atom stereocenters. The van der Waals surface area contributed by atoms with Crippen LogP contribution < -0.4 is 5.32 Å². The highest BCUT2D eigenvalue weighted by molar-refractivity contribution is 7.91. The number of nitrogens with one attached hydrogen (secondary N) is 1. The van der Waals surface area contributed by atoms with Crippen LogP contribution >= 0.6 is 11.3 Å². The van der Waals surface area contributed by atoms with Gasteiger partial charge in [-0.3, -0.25) is 9.59 Å². The van der Waals surface area contributed by atoms with Crippen molar-refractivity contribution < 1.29 is 22.4 Å². The van der Waals surface area contributed by atoms with Gasteiger partial charge in [-0.2, -0.15) is 0 Å². The molecule has 0 aliphatic carbocycles. The number of carbonyl (C=O) groups is 2. The smallest absolute Gasteiger partial charge is 0.262 e. The number of thiophene rings is 1. The lowest BCUT2D eigenvalue weighted by molar-refractivity contribution is -0.132. The Morgan fingerprint density at radius 2 is 1.79 bits per heavy atom. The number of rotatable bonds is 4. The summed E-state index contributed by atoms with van der Waals surface area (Å²) in [5, 5.41) is 2.69. The number of hydrogen-bond acceptors (Lipinski definition) is 5. The minimum absolute atomic E-state index is 0.0510. The van der Waals surface area contributed by atoms with Crippen LogP contribution in [0.15, 0.2) is 30.3 Å². The molecule has 0 bridgehead atoms. The Hall–Kier alpha value is -2.26. The minimum Gasteiger partial charge on any atom is -0.340 e. The Morgan fingerprint density at radius 1 is 1.18 bits per heavy atom. The quantitative estimate of drug-likeness (QED) is 0.816. The number of amides is 2. The number of sulfone groups is 1. The highest BCUT2D eigenvalue weighted by Gasteiger charge is 2.29. The highest BCUT2D eigenvalue weighted by Crippen LogP contribution is 2.32. The lowest BCUT2D eigenvalue weighted by Gasteiger charge is -2.29. The lowest BCUT2D eigenvalue weighted by atomic mass is 10.1. The molecule has 0 radical (unpaired) electrons. The van der Waals surface area contributed by atoms with E-state index in [9.17, 15) is 22.4 Å². The van der Waals surface area contributed by atoms with Crippen LogP contribution in [0.2, 0.25) is 0 Å². The Labute approximate surface area is 167 Å². The van der Waals surface area contributed by atoms with E-state index in [0.717, 1.165) is 16.0 Å². The average Bonchev–Trinajstić information content (AvgIpc) is 3.03. The molecule has 1 fully saturated rings. The monoisotopic (exact) mass is 424 g/mol. The van der Waals surface area contributed by atoms with Crippen LogP contribution in [-0.2, 0) is 14.6 Å². The normalized spacial score (nSPS) is 17.2. The third-order valence-corrected chi connectivity index (χ3v) is 7.52. The van der Waals surface area contributed by atoms with Crippen molar-refractivity contribution in [2.75, 3.05) is 24.6 Å². The lowest BCUT2D eigenvalue weighted by Crippen LogP contribution is -2.51. The van der Waals surface area contributed by atoms with Crippen molar-refractivity contribution in [3.8, 4) is 10.4 Å². The molecule has 1 atom stereocenters. The number of hydrogen-bond donors (Lipinski definition) is 1. The molecule has 1 saturated heterocycles.